The maximum Gasteiger partial charge on any atom is 0.125 e. The van der Waals surface area contributed by atoms with Gasteiger partial charge in [0.1, 0.15) is 5.82 Å². The molecule has 3 aromatic rings. The summed E-state index contributed by atoms with van der Waals surface area (Å²) in [5.74, 6) is 1.32. The van der Waals surface area contributed by atoms with Crippen molar-refractivity contribution in [1.82, 2.24) is 14.5 Å². The lowest BCUT2D eigenvalue weighted by Crippen LogP contribution is -2.03. The second-order valence-corrected chi connectivity index (χ2v) is 4.86. The van der Waals surface area contributed by atoms with E-state index in [1.165, 1.54) is 11.1 Å². The molecule has 4 heteroatoms. The molecule has 3 nitrogen and oxygen atoms in total. The summed E-state index contributed by atoms with van der Waals surface area (Å²) in [6.07, 6.45) is 3.61. The molecular formula is C15H14ClN3. The Bertz CT molecular complexity index is 704. The van der Waals surface area contributed by atoms with Gasteiger partial charge >= 0.3 is 0 Å². The lowest BCUT2D eigenvalue weighted by atomic mass is 10.2. The fourth-order valence-corrected chi connectivity index (χ4v) is 2.44. The van der Waals surface area contributed by atoms with Crippen molar-refractivity contribution in [3.05, 3.63) is 59.7 Å². The Hall–Kier alpha value is -1.87. The number of alkyl halides is 1. The molecule has 0 aliphatic rings. The minimum absolute atomic E-state index is 0.415. The first-order valence-electron chi connectivity index (χ1n) is 6.18. The van der Waals surface area contributed by atoms with Gasteiger partial charge in [0.2, 0.25) is 0 Å². The minimum Gasteiger partial charge on any atom is -0.322 e. The number of aromatic nitrogens is 3. The van der Waals surface area contributed by atoms with Crippen LogP contribution in [0.25, 0.3) is 11.0 Å². The molecule has 0 unspecified atom stereocenters. The van der Waals surface area contributed by atoms with Crippen LogP contribution in [-0.4, -0.2) is 14.5 Å². The van der Waals surface area contributed by atoms with Crippen LogP contribution in [0, 0.1) is 6.92 Å². The fourth-order valence-electron chi connectivity index (χ4n) is 2.24. The standard InChI is InChI=1S/C15H14ClN3/c1-11-2-3-14-13(8-11)18-15(9-16)19(14)10-12-4-6-17-7-5-12/h2-8H,9-10H2,1H3. The van der Waals surface area contributed by atoms with E-state index >= 15 is 0 Å². The van der Waals surface area contributed by atoms with Gasteiger partial charge in [0, 0.05) is 18.9 Å². The van der Waals surface area contributed by atoms with Crippen LogP contribution in [0.5, 0.6) is 0 Å². The number of benzene rings is 1. The zero-order valence-electron chi connectivity index (χ0n) is 10.7. The Labute approximate surface area is 116 Å². The van der Waals surface area contributed by atoms with Crippen molar-refractivity contribution in [3.63, 3.8) is 0 Å². The number of hydrogen-bond acceptors (Lipinski definition) is 2. The van der Waals surface area contributed by atoms with Gasteiger partial charge in [0.15, 0.2) is 0 Å². The van der Waals surface area contributed by atoms with Crippen LogP contribution >= 0.6 is 11.6 Å². The van der Waals surface area contributed by atoms with Crippen molar-refractivity contribution in [1.29, 1.82) is 0 Å². The third kappa shape index (κ3) is 2.34. The molecule has 0 bridgehead atoms. The zero-order valence-corrected chi connectivity index (χ0v) is 11.4. The molecule has 0 saturated carbocycles. The Kier molecular flexibility index (Phi) is 3.22. The van der Waals surface area contributed by atoms with Gasteiger partial charge in [-0.15, -0.1) is 11.6 Å². The predicted octanol–water partition coefficient (Wildman–Crippen LogP) is 3.53. The van der Waals surface area contributed by atoms with E-state index in [0.717, 1.165) is 23.4 Å². The first kappa shape index (κ1) is 12.2. The quantitative estimate of drug-likeness (QED) is 0.683. The van der Waals surface area contributed by atoms with Crippen molar-refractivity contribution in [2.24, 2.45) is 0 Å². The van der Waals surface area contributed by atoms with Crippen molar-refractivity contribution >= 4 is 22.6 Å². The smallest absolute Gasteiger partial charge is 0.125 e. The summed E-state index contributed by atoms with van der Waals surface area (Å²) < 4.78 is 2.16. The molecule has 2 aromatic heterocycles. The Morgan fingerprint density at radius 3 is 2.68 bits per heavy atom. The van der Waals surface area contributed by atoms with Gasteiger partial charge in [-0.25, -0.2) is 4.98 Å². The number of nitrogens with zero attached hydrogens (tertiary/aromatic N) is 3. The van der Waals surface area contributed by atoms with Crippen molar-refractivity contribution in [2.75, 3.05) is 0 Å². The van der Waals surface area contributed by atoms with Crippen LogP contribution in [0.1, 0.15) is 17.0 Å². The third-order valence-corrected chi connectivity index (χ3v) is 3.43. The molecule has 0 amide bonds. The van der Waals surface area contributed by atoms with E-state index in [4.69, 9.17) is 11.6 Å². The highest BCUT2D eigenvalue weighted by Crippen LogP contribution is 2.20. The van der Waals surface area contributed by atoms with Crippen molar-refractivity contribution in [3.8, 4) is 0 Å². The van der Waals surface area contributed by atoms with E-state index in [1.54, 1.807) is 12.4 Å². The molecule has 0 radical (unpaired) electrons. The summed E-state index contributed by atoms with van der Waals surface area (Å²) in [4.78, 5) is 8.64. The van der Waals surface area contributed by atoms with Crippen LogP contribution in [-0.2, 0) is 12.4 Å². The maximum absolute atomic E-state index is 6.01. The molecule has 0 spiro atoms. The van der Waals surface area contributed by atoms with Gasteiger partial charge < -0.3 is 4.57 Å². The summed E-state index contributed by atoms with van der Waals surface area (Å²) in [7, 11) is 0. The molecule has 0 saturated heterocycles. The van der Waals surface area contributed by atoms with Crippen molar-refractivity contribution in [2.45, 2.75) is 19.3 Å². The van der Waals surface area contributed by atoms with Crippen LogP contribution in [0.3, 0.4) is 0 Å². The normalized spacial score (nSPS) is 11.1. The molecule has 1 aromatic carbocycles. The molecule has 0 fully saturated rings. The van der Waals surface area contributed by atoms with Gasteiger partial charge in [0.05, 0.1) is 16.9 Å². The van der Waals surface area contributed by atoms with E-state index in [2.05, 4.69) is 39.7 Å². The molecular weight excluding hydrogens is 258 g/mol. The van der Waals surface area contributed by atoms with Gasteiger partial charge in [-0.2, -0.15) is 0 Å². The van der Waals surface area contributed by atoms with E-state index in [0.29, 0.717) is 5.88 Å². The van der Waals surface area contributed by atoms with Crippen molar-refractivity contribution < 1.29 is 0 Å². The molecule has 96 valence electrons. The second kappa shape index (κ2) is 5.02. The monoisotopic (exact) mass is 271 g/mol. The summed E-state index contributed by atoms with van der Waals surface area (Å²) in [6.45, 7) is 2.84. The number of hydrogen-bond donors (Lipinski definition) is 0. The largest absolute Gasteiger partial charge is 0.322 e. The van der Waals surface area contributed by atoms with E-state index in [1.807, 2.05) is 12.1 Å². The highest BCUT2D eigenvalue weighted by atomic mass is 35.5. The number of fused-ring (bicyclic) bond motifs is 1. The molecule has 2 heterocycles. The number of halogens is 1. The Morgan fingerprint density at radius 1 is 1.16 bits per heavy atom. The summed E-state index contributed by atoms with van der Waals surface area (Å²) >= 11 is 6.01. The Balaban J connectivity index is 2.11. The van der Waals surface area contributed by atoms with Gasteiger partial charge in [0.25, 0.3) is 0 Å². The number of aryl methyl sites for hydroxylation is 1. The van der Waals surface area contributed by atoms with Gasteiger partial charge in [-0.3, -0.25) is 4.98 Å². The highest BCUT2D eigenvalue weighted by Gasteiger charge is 2.10. The van der Waals surface area contributed by atoms with E-state index in [-0.39, 0.29) is 0 Å². The maximum atomic E-state index is 6.01. The topological polar surface area (TPSA) is 30.7 Å². The fraction of sp³-hybridized carbons (Fsp3) is 0.200. The Morgan fingerprint density at radius 2 is 1.95 bits per heavy atom. The van der Waals surface area contributed by atoms with Gasteiger partial charge in [-0.05, 0) is 42.3 Å². The summed E-state index contributed by atoms with van der Waals surface area (Å²) in [6, 6.07) is 10.3. The van der Waals surface area contributed by atoms with E-state index < -0.39 is 0 Å². The number of rotatable bonds is 3. The van der Waals surface area contributed by atoms with Gasteiger partial charge in [-0.1, -0.05) is 6.07 Å². The highest BCUT2D eigenvalue weighted by molar-refractivity contribution is 6.16. The van der Waals surface area contributed by atoms with Crippen LogP contribution in [0.15, 0.2) is 42.7 Å². The zero-order chi connectivity index (χ0) is 13.2. The first-order chi connectivity index (χ1) is 9.28. The second-order valence-electron chi connectivity index (χ2n) is 4.60. The van der Waals surface area contributed by atoms with E-state index in [9.17, 15) is 0 Å². The molecule has 19 heavy (non-hydrogen) atoms. The molecule has 0 atom stereocenters. The average molecular weight is 272 g/mol. The molecule has 0 aliphatic carbocycles. The molecule has 3 rings (SSSR count). The predicted molar refractivity (Wildman–Crippen MR) is 77.4 cm³/mol. The SMILES string of the molecule is Cc1ccc2c(c1)nc(CCl)n2Cc1ccncc1. The average Bonchev–Trinajstić information content (AvgIpc) is 2.77. The molecule has 0 N–H and O–H groups in total. The summed E-state index contributed by atoms with van der Waals surface area (Å²) in [5, 5.41) is 0. The van der Waals surface area contributed by atoms with Crippen LogP contribution < -0.4 is 0 Å². The summed E-state index contributed by atoms with van der Waals surface area (Å²) in [5.41, 5.74) is 4.53. The third-order valence-electron chi connectivity index (χ3n) is 3.19. The number of pyridine rings is 1. The lowest BCUT2D eigenvalue weighted by molar-refractivity contribution is 0.777. The van der Waals surface area contributed by atoms with Crippen LogP contribution in [0.4, 0.5) is 0 Å². The molecule has 0 aliphatic heterocycles. The van der Waals surface area contributed by atoms with Crippen LogP contribution in [0.2, 0.25) is 0 Å². The minimum atomic E-state index is 0.415. The first-order valence-corrected chi connectivity index (χ1v) is 6.72. The lowest BCUT2D eigenvalue weighted by Gasteiger charge is -2.07. The number of imidazole rings is 1.